The summed E-state index contributed by atoms with van der Waals surface area (Å²) in [6.07, 6.45) is 4.38. The first-order valence-electron chi connectivity index (χ1n) is 10.5. The largest absolute Gasteiger partial charge is 0.497 e. The number of aliphatic carboxylic acids is 1. The zero-order chi connectivity index (χ0) is 23.3. The van der Waals surface area contributed by atoms with Crippen LogP contribution in [0.2, 0.25) is 10.0 Å². The van der Waals surface area contributed by atoms with Gasteiger partial charge in [-0.15, -0.1) is 0 Å². The minimum Gasteiger partial charge on any atom is -0.497 e. The maximum absolute atomic E-state index is 12.5. The smallest absolute Gasteiger partial charge is 0.306 e. The fourth-order valence-electron chi connectivity index (χ4n) is 3.86. The lowest BCUT2D eigenvalue weighted by Gasteiger charge is -2.26. The number of methoxy groups -OCH3 is 1. The Morgan fingerprint density at radius 1 is 1.19 bits per heavy atom. The highest BCUT2D eigenvalue weighted by Crippen LogP contribution is 2.30. The Balaban J connectivity index is 1.57. The fraction of sp³-hybridized carbons (Fsp3) is 0.435. The standard InChI is InChI=1S/C23H27Cl2N3O4/c1-13(16-7-18(24)10-19(8-16)32-2)28-21-20(25)9-17(12-26-21)22(29)27-11-14-3-5-15(6-4-14)23(30)31/h7-10,12-15H,3-6,11H2,1-2H3,(H,26,28)(H,27,29)(H,30,31)/t13?,14-,15-. The molecule has 1 unspecified atom stereocenters. The van der Waals surface area contributed by atoms with E-state index in [4.69, 9.17) is 33.0 Å². The molecule has 0 radical (unpaired) electrons. The molecule has 9 heteroatoms. The number of nitrogens with one attached hydrogen (secondary N) is 2. The fourth-order valence-corrected chi connectivity index (χ4v) is 4.32. The number of carboxylic acid groups (broad SMARTS) is 1. The maximum Gasteiger partial charge on any atom is 0.306 e. The van der Waals surface area contributed by atoms with E-state index < -0.39 is 5.97 Å². The second kappa shape index (κ2) is 10.9. The lowest BCUT2D eigenvalue weighted by Crippen LogP contribution is -2.32. The van der Waals surface area contributed by atoms with Crippen LogP contribution in [-0.2, 0) is 4.79 Å². The zero-order valence-corrected chi connectivity index (χ0v) is 19.5. The van der Waals surface area contributed by atoms with E-state index in [1.54, 1.807) is 19.2 Å². The first-order valence-corrected chi connectivity index (χ1v) is 11.3. The van der Waals surface area contributed by atoms with E-state index in [0.29, 0.717) is 46.6 Å². The van der Waals surface area contributed by atoms with Gasteiger partial charge in [0.15, 0.2) is 0 Å². The topological polar surface area (TPSA) is 101 Å². The van der Waals surface area contributed by atoms with Gasteiger partial charge in [0.25, 0.3) is 5.91 Å². The molecule has 1 fully saturated rings. The van der Waals surface area contributed by atoms with Crippen molar-refractivity contribution < 1.29 is 19.4 Å². The van der Waals surface area contributed by atoms with Crippen LogP contribution in [0, 0.1) is 11.8 Å². The van der Waals surface area contributed by atoms with E-state index in [-0.39, 0.29) is 23.8 Å². The maximum atomic E-state index is 12.5. The Hall–Kier alpha value is -2.51. The van der Waals surface area contributed by atoms with Gasteiger partial charge in [0.05, 0.1) is 29.7 Å². The Kier molecular flexibility index (Phi) is 8.21. The Morgan fingerprint density at radius 2 is 1.91 bits per heavy atom. The molecule has 172 valence electrons. The number of carbonyl (C=O) groups excluding carboxylic acids is 1. The van der Waals surface area contributed by atoms with Crippen LogP contribution in [0.25, 0.3) is 0 Å². The van der Waals surface area contributed by atoms with Gasteiger partial charge in [-0.3, -0.25) is 9.59 Å². The molecule has 3 rings (SSSR count). The van der Waals surface area contributed by atoms with E-state index in [2.05, 4.69) is 15.6 Å². The predicted molar refractivity (Wildman–Crippen MR) is 125 cm³/mol. The average Bonchev–Trinajstić information content (AvgIpc) is 2.78. The van der Waals surface area contributed by atoms with Gasteiger partial charge in [0.2, 0.25) is 0 Å². The molecule has 1 aromatic heterocycles. The molecule has 1 atom stereocenters. The third-order valence-electron chi connectivity index (χ3n) is 5.83. The van der Waals surface area contributed by atoms with Crippen LogP contribution in [0.4, 0.5) is 5.82 Å². The van der Waals surface area contributed by atoms with Crippen LogP contribution in [0.5, 0.6) is 5.75 Å². The number of benzene rings is 1. The summed E-state index contributed by atoms with van der Waals surface area (Å²) in [5.74, 6) is 0.157. The monoisotopic (exact) mass is 479 g/mol. The Morgan fingerprint density at radius 3 is 2.53 bits per heavy atom. The highest BCUT2D eigenvalue weighted by Gasteiger charge is 2.26. The molecule has 32 heavy (non-hydrogen) atoms. The van der Waals surface area contributed by atoms with Crippen molar-refractivity contribution in [3.05, 3.63) is 51.6 Å². The van der Waals surface area contributed by atoms with Crippen molar-refractivity contribution in [3.63, 3.8) is 0 Å². The first-order chi connectivity index (χ1) is 15.3. The number of carboxylic acids is 1. The summed E-state index contributed by atoms with van der Waals surface area (Å²) in [7, 11) is 1.58. The zero-order valence-electron chi connectivity index (χ0n) is 18.0. The number of carbonyl (C=O) groups is 2. The van der Waals surface area contributed by atoms with Crippen molar-refractivity contribution in [1.29, 1.82) is 0 Å². The summed E-state index contributed by atoms with van der Waals surface area (Å²) in [4.78, 5) is 27.9. The van der Waals surface area contributed by atoms with Crippen LogP contribution in [0.1, 0.15) is 54.6 Å². The average molecular weight is 480 g/mol. The molecule has 1 aliphatic carbocycles. The lowest BCUT2D eigenvalue weighted by atomic mass is 9.82. The Bertz CT molecular complexity index is 978. The van der Waals surface area contributed by atoms with Crippen LogP contribution < -0.4 is 15.4 Å². The van der Waals surface area contributed by atoms with Gasteiger partial charge in [0.1, 0.15) is 11.6 Å². The molecular weight excluding hydrogens is 453 g/mol. The van der Waals surface area contributed by atoms with E-state index >= 15 is 0 Å². The van der Waals surface area contributed by atoms with Crippen LogP contribution in [0.3, 0.4) is 0 Å². The minimum absolute atomic E-state index is 0.145. The lowest BCUT2D eigenvalue weighted by molar-refractivity contribution is -0.143. The molecule has 3 N–H and O–H groups in total. The molecule has 1 aromatic carbocycles. The van der Waals surface area contributed by atoms with Crippen molar-refractivity contribution in [2.75, 3.05) is 19.0 Å². The molecule has 0 spiro atoms. The quantitative estimate of drug-likeness (QED) is 0.481. The first kappa shape index (κ1) is 24.1. The number of pyridine rings is 1. The molecule has 7 nitrogen and oxygen atoms in total. The number of halogens is 2. The number of nitrogens with zero attached hydrogens (tertiary/aromatic N) is 1. The molecule has 1 aliphatic rings. The van der Waals surface area contributed by atoms with Gasteiger partial charge < -0.3 is 20.5 Å². The molecule has 0 saturated heterocycles. The third-order valence-corrected chi connectivity index (χ3v) is 6.34. The molecule has 2 aromatic rings. The van der Waals surface area contributed by atoms with Gasteiger partial charge in [-0.05, 0) is 68.4 Å². The number of rotatable bonds is 8. The SMILES string of the molecule is COc1cc(Cl)cc(C(C)Nc2ncc(C(=O)NC[C@H]3CC[C@H](C(=O)O)CC3)cc2Cl)c1. The van der Waals surface area contributed by atoms with Gasteiger partial charge >= 0.3 is 5.97 Å². The normalized spacial score (nSPS) is 19.1. The third kappa shape index (κ3) is 6.26. The second-order valence-corrected chi connectivity index (χ2v) is 8.95. The number of hydrogen-bond donors (Lipinski definition) is 3. The summed E-state index contributed by atoms with van der Waals surface area (Å²) in [5, 5.41) is 16.1. The molecule has 1 saturated carbocycles. The van der Waals surface area contributed by atoms with E-state index in [9.17, 15) is 9.59 Å². The second-order valence-electron chi connectivity index (χ2n) is 8.11. The number of ether oxygens (including phenoxy) is 1. The molecular formula is C23H27Cl2N3O4. The highest BCUT2D eigenvalue weighted by atomic mass is 35.5. The molecule has 0 aliphatic heterocycles. The summed E-state index contributed by atoms with van der Waals surface area (Å²) in [5.41, 5.74) is 1.28. The van der Waals surface area contributed by atoms with E-state index in [1.807, 2.05) is 19.1 Å². The van der Waals surface area contributed by atoms with Crippen LogP contribution >= 0.6 is 23.2 Å². The highest BCUT2D eigenvalue weighted by molar-refractivity contribution is 6.33. The predicted octanol–water partition coefficient (Wildman–Crippen LogP) is 5.19. The van der Waals surface area contributed by atoms with Crippen molar-refractivity contribution in [2.45, 2.75) is 38.6 Å². The summed E-state index contributed by atoms with van der Waals surface area (Å²) < 4.78 is 5.26. The summed E-state index contributed by atoms with van der Waals surface area (Å²) >= 11 is 12.5. The molecule has 1 amide bonds. The van der Waals surface area contributed by atoms with E-state index in [0.717, 1.165) is 18.4 Å². The van der Waals surface area contributed by atoms with Crippen molar-refractivity contribution in [1.82, 2.24) is 10.3 Å². The number of aromatic nitrogens is 1. The summed E-state index contributed by atoms with van der Waals surface area (Å²) in [6.45, 7) is 2.46. The van der Waals surface area contributed by atoms with Gasteiger partial charge in [-0.25, -0.2) is 4.98 Å². The molecule has 0 bridgehead atoms. The van der Waals surface area contributed by atoms with E-state index in [1.165, 1.54) is 6.20 Å². The Labute approximate surface area is 197 Å². The number of amides is 1. The van der Waals surface area contributed by atoms with Gasteiger partial charge in [0, 0.05) is 17.8 Å². The van der Waals surface area contributed by atoms with Gasteiger partial charge in [-0.1, -0.05) is 23.2 Å². The van der Waals surface area contributed by atoms with Crippen LogP contribution in [-0.4, -0.2) is 35.6 Å². The van der Waals surface area contributed by atoms with Crippen LogP contribution in [0.15, 0.2) is 30.5 Å². The molecule has 1 heterocycles. The number of hydrogen-bond acceptors (Lipinski definition) is 5. The van der Waals surface area contributed by atoms with Crippen molar-refractivity contribution in [2.24, 2.45) is 11.8 Å². The summed E-state index contributed by atoms with van der Waals surface area (Å²) in [6, 6.07) is 6.88. The van der Waals surface area contributed by atoms with Crippen molar-refractivity contribution >= 4 is 40.9 Å². The number of anilines is 1. The van der Waals surface area contributed by atoms with Gasteiger partial charge in [-0.2, -0.15) is 0 Å². The van der Waals surface area contributed by atoms with Crippen molar-refractivity contribution in [3.8, 4) is 5.75 Å². The minimum atomic E-state index is -0.731.